The first-order valence-corrected chi connectivity index (χ1v) is 5.89. The Kier molecular flexibility index (Phi) is 4.62. The van der Waals surface area contributed by atoms with E-state index in [9.17, 15) is 4.79 Å². The van der Waals surface area contributed by atoms with Gasteiger partial charge in [0.25, 0.3) is 0 Å². The summed E-state index contributed by atoms with van der Waals surface area (Å²) in [7, 11) is 2.92. The fourth-order valence-corrected chi connectivity index (χ4v) is 1.57. The van der Waals surface area contributed by atoms with E-state index in [1.165, 1.54) is 19.5 Å². The molecular weight excluding hydrogens is 260 g/mol. The first-order chi connectivity index (χ1) is 9.72. The quantitative estimate of drug-likeness (QED) is 0.778. The molecule has 0 aliphatic heterocycles. The SMILES string of the molecule is COCc1cccc(Oc2cnc(C(=O)OC)cn2)c1. The summed E-state index contributed by atoms with van der Waals surface area (Å²) >= 11 is 0. The van der Waals surface area contributed by atoms with Gasteiger partial charge in [-0.25, -0.2) is 14.8 Å². The van der Waals surface area contributed by atoms with E-state index < -0.39 is 5.97 Å². The molecule has 0 saturated heterocycles. The van der Waals surface area contributed by atoms with Crippen molar-refractivity contribution in [2.45, 2.75) is 6.61 Å². The lowest BCUT2D eigenvalue weighted by Gasteiger charge is -2.06. The average molecular weight is 274 g/mol. The summed E-state index contributed by atoms with van der Waals surface area (Å²) in [5.41, 5.74) is 1.12. The second kappa shape index (κ2) is 6.63. The largest absolute Gasteiger partial charge is 0.464 e. The summed E-state index contributed by atoms with van der Waals surface area (Å²) < 4.78 is 15.1. The lowest BCUT2D eigenvalue weighted by molar-refractivity contribution is 0.0593. The molecule has 1 heterocycles. The number of carbonyl (C=O) groups excluding carboxylic acids is 1. The average Bonchev–Trinajstić information content (AvgIpc) is 2.48. The van der Waals surface area contributed by atoms with E-state index in [0.717, 1.165) is 5.56 Å². The fourth-order valence-electron chi connectivity index (χ4n) is 1.57. The molecule has 0 amide bonds. The number of esters is 1. The zero-order valence-electron chi connectivity index (χ0n) is 11.2. The molecule has 0 N–H and O–H groups in total. The minimum atomic E-state index is -0.536. The summed E-state index contributed by atoms with van der Waals surface area (Å²) in [5, 5.41) is 0. The highest BCUT2D eigenvalue weighted by molar-refractivity contribution is 5.86. The predicted octanol–water partition coefficient (Wildman–Crippen LogP) is 2.20. The molecular formula is C14H14N2O4. The van der Waals surface area contributed by atoms with Gasteiger partial charge in [0.05, 0.1) is 26.1 Å². The molecule has 2 rings (SSSR count). The van der Waals surface area contributed by atoms with Crippen LogP contribution in [0.25, 0.3) is 0 Å². The number of nitrogens with zero attached hydrogens (tertiary/aromatic N) is 2. The highest BCUT2D eigenvalue weighted by atomic mass is 16.5. The molecule has 0 saturated carbocycles. The van der Waals surface area contributed by atoms with E-state index in [0.29, 0.717) is 18.2 Å². The molecule has 0 aliphatic carbocycles. The first-order valence-electron chi connectivity index (χ1n) is 5.89. The fraction of sp³-hybridized carbons (Fsp3) is 0.214. The van der Waals surface area contributed by atoms with Gasteiger partial charge in [-0.2, -0.15) is 0 Å². The molecule has 6 heteroatoms. The van der Waals surface area contributed by atoms with Crippen LogP contribution < -0.4 is 4.74 Å². The van der Waals surface area contributed by atoms with Crippen LogP contribution in [0.5, 0.6) is 11.6 Å². The topological polar surface area (TPSA) is 70.5 Å². The van der Waals surface area contributed by atoms with Gasteiger partial charge < -0.3 is 14.2 Å². The highest BCUT2D eigenvalue weighted by Crippen LogP contribution is 2.20. The minimum absolute atomic E-state index is 0.132. The number of hydrogen-bond acceptors (Lipinski definition) is 6. The van der Waals surface area contributed by atoms with Crippen LogP contribution in [0.1, 0.15) is 16.1 Å². The molecule has 0 fully saturated rings. The first kappa shape index (κ1) is 14.0. The van der Waals surface area contributed by atoms with Crippen LogP contribution >= 0.6 is 0 Å². The third kappa shape index (κ3) is 3.52. The van der Waals surface area contributed by atoms with E-state index in [2.05, 4.69) is 14.7 Å². The third-order valence-corrected chi connectivity index (χ3v) is 2.45. The molecule has 0 aliphatic rings. The number of methoxy groups -OCH3 is 2. The standard InChI is InChI=1S/C14H14N2O4/c1-18-9-10-4-3-5-11(6-10)20-13-8-15-12(7-16-13)14(17)19-2/h3-8H,9H2,1-2H3. The summed E-state index contributed by atoms with van der Waals surface area (Å²) in [4.78, 5) is 19.1. The Morgan fingerprint density at radius 1 is 1.20 bits per heavy atom. The Morgan fingerprint density at radius 3 is 2.70 bits per heavy atom. The maximum atomic E-state index is 11.2. The van der Waals surface area contributed by atoms with Gasteiger partial charge in [0.1, 0.15) is 5.75 Å². The Balaban J connectivity index is 2.09. The smallest absolute Gasteiger partial charge is 0.358 e. The van der Waals surface area contributed by atoms with Crippen LogP contribution in [-0.2, 0) is 16.1 Å². The van der Waals surface area contributed by atoms with Crippen LogP contribution in [-0.4, -0.2) is 30.2 Å². The van der Waals surface area contributed by atoms with E-state index in [1.54, 1.807) is 13.2 Å². The maximum Gasteiger partial charge on any atom is 0.358 e. The van der Waals surface area contributed by atoms with Crippen LogP contribution in [0.4, 0.5) is 0 Å². The third-order valence-electron chi connectivity index (χ3n) is 2.45. The lowest BCUT2D eigenvalue weighted by Crippen LogP contribution is -2.04. The van der Waals surface area contributed by atoms with Gasteiger partial charge in [-0.05, 0) is 17.7 Å². The van der Waals surface area contributed by atoms with Gasteiger partial charge in [0.2, 0.25) is 5.88 Å². The Morgan fingerprint density at radius 2 is 2.05 bits per heavy atom. The van der Waals surface area contributed by atoms with Crippen molar-refractivity contribution in [3.8, 4) is 11.6 Å². The summed E-state index contributed by atoms with van der Waals surface area (Å²) in [6, 6.07) is 7.44. The van der Waals surface area contributed by atoms with Crippen molar-refractivity contribution in [2.75, 3.05) is 14.2 Å². The molecule has 1 aromatic heterocycles. The Labute approximate surface area is 116 Å². The molecule has 0 unspecified atom stereocenters. The number of carbonyl (C=O) groups is 1. The molecule has 0 atom stereocenters. The van der Waals surface area contributed by atoms with Gasteiger partial charge in [0.15, 0.2) is 5.69 Å². The second-order valence-electron chi connectivity index (χ2n) is 3.91. The zero-order valence-corrected chi connectivity index (χ0v) is 11.2. The molecule has 0 radical (unpaired) electrons. The van der Waals surface area contributed by atoms with Crippen LogP contribution in [0.15, 0.2) is 36.7 Å². The molecule has 6 nitrogen and oxygen atoms in total. The number of aromatic nitrogens is 2. The Hall–Kier alpha value is -2.47. The van der Waals surface area contributed by atoms with Crippen LogP contribution in [0.2, 0.25) is 0 Å². The van der Waals surface area contributed by atoms with Gasteiger partial charge in [0, 0.05) is 7.11 Å². The minimum Gasteiger partial charge on any atom is -0.464 e. The van der Waals surface area contributed by atoms with E-state index in [-0.39, 0.29) is 5.69 Å². The van der Waals surface area contributed by atoms with Crippen molar-refractivity contribution in [3.63, 3.8) is 0 Å². The van der Waals surface area contributed by atoms with Crippen molar-refractivity contribution >= 4 is 5.97 Å². The molecule has 2 aromatic rings. The van der Waals surface area contributed by atoms with Gasteiger partial charge in [-0.15, -0.1) is 0 Å². The van der Waals surface area contributed by atoms with Crippen molar-refractivity contribution < 1.29 is 19.0 Å². The van der Waals surface area contributed by atoms with E-state index in [4.69, 9.17) is 9.47 Å². The molecule has 20 heavy (non-hydrogen) atoms. The second-order valence-corrected chi connectivity index (χ2v) is 3.91. The summed E-state index contributed by atoms with van der Waals surface area (Å²) in [6.07, 6.45) is 2.68. The molecule has 104 valence electrons. The van der Waals surface area contributed by atoms with Crippen molar-refractivity contribution in [1.82, 2.24) is 9.97 Å². The number of benzene rings is 1. The highest BCUT2D eigenvalue weighted by Gasteiger charge is 2.08. The number of rotatable bonds is 5. The summed E-state index contributed by atoms with van der Waals surface area (Å²) in [5.74, 6) is 0.387. The molecule has 1 aromatic carbocycles. The predicted molar refractivity (Wildman–Crippen MR) is 70.6 cm³/mol. The van der Waals surface area contributed by atoms with Crippen LogP contribution in [0, 0.1) is 0 Å². The molecule has 0 spiro atoms. The number of ether oxygens (including phenoxy) is 3. The number of hydrogen-bond donors (Lipinski definition) is 0. The van der Waals surface area contributed by atoms with Gasteiger partial charge in [-0.3, -0.25) is 0 Å². The lowest BCUT2D eigenvalue weighted by atomic mass is 10.2. The van der Waals surface area contributed by atoms with E-state index in [1.807, 2.05) is 18.2 Å². The van der Waals surface area contributed by atoms with Gasteiger partial charge >= 0.3 is 5.97 Å². The monoisotopic (exact) mass is 274 g/mol. The Bertz CT molecular complexity index is 584. The maximum absolute atomic E-state index is 11.2. The van der Waals surface area contributed by atoms with Crippen LogP contribution in [0.3, 0.4) is 0 Å². The van der Waals surface area contributed by atoms with Gasteiger partial charge in [-0.1, -0.05) is 12.1 Å². The zero-order chi connectivity index (χ0) is 14.4. The summed E-state index contributed by atoms with van der Waals surface area (Å²) in [6.45, 7) is 0.504. The molecule has 0 bridgehead atoms. The van der Waals surface area contributed by atoms with Crippen molar-refractivity contribution in [2.24, 2.45) is 0 Å². The van der Waals surface area contributed by atoms with Crippen molar-refractivity contribution in [1.29, 1.82) is 0 Å². The normalized spacial score (nSPS) is 10.1. The van der Waals surface area contributed by atoms with E-state index >= 15 is 0 Å². The van der Waals surface area contributed by atoms with Crippen molar-refractivity contribution in [3.05, 3.63) is 47.9 Å².